The maximum atomic E-state index is 13.1. The van der Waals surface area contributed by atoms with Crippen LogP contribution in [-0.4, -0.2) is 0 Å². The van der Waals surface area contributed by atoms with Crippen molar-refractivity contribution in [3.63, 3.8) is 0 Å². The summed E-state index contributed by atoms with van der Waals surface area (Å²) in [5.41, 5.74) is 0.219. The van der Waals surface area contributed by atoms with Gasteiger partial charge in [0.2, 0.25) is 0 Å². The van der Waals surface area contributed by atoms with Gasteiger partial charge in [-0.05, 0) is 36.2 Å². The number of benzene rings is 2. The van der Waals surface area contributed by atoms with Crippen LogP contribution in [0.15, 0.2) is 48.5 Å². The highest BCUT2D eigenvalue weighted by Gasteiger charge is 2.32. The van der Waals surface area contributed by atoms with Gasteiger partial charge in [-0.3, -0.25) is 0 Å². The molecule has 0 radical (unpaired) electrons. The van der Waals surface area contributed by atoms with Crippen molar-refractivity contribution in [1.82, 2.24) is 5.32 Å². The van der Waals surface area contributed by atoms with Crippen molar-refractivity contribution in [2.45, 2.75) is 25.7 Å². The third kappa shape index (κ3) is 4.04. The molecule has 0 heterocycles. The first-order chi connectivity index (χ1) is 9.88. The van der Waals surface area contributed by atoms with Crippen molar-refractivity contribution in [2.24, 2.45) is 0 Å². The summed E-state index contributed by atoms with van der Waals surface area (Å²) in [6.45, 7) is 1.85. The van der Waals surface area contributed by atoms with Crippen LogP contribution in [-0.2, 0) is 12.7 Å². The summed E-state index contributed by atoms with van der Waals surface area (Å²) < 4.78 is 51.7. The van der Waals surface area contributed by atoms with Gasteiger partial charge in [0.1, 0.15) is 5.82 Å². The van der Waals surface area contributed by atoms with Crippen LogP contribution in [0.4, 0.5) is 17.6 Å². The molecule has 0 saturated carbocycles. The Kier molecular flexibility index (Phi) is 4.63. The lowest BCUT2D eigenvalue weighted by Crippen LogP contribution is -2.20. The highest BCUT2D eigenvalue weighted by Crippen LogP contribution is 2.32. The number of hydrogen-bond acceptors (Lipinski definition) is 1. The fraction of sp³-hybridized carbons (Fsp3) is 0.250. The van der Waals surface area contributed by atoms with Gasteiger partial charge in [-0.2, -0.15) is 13.2 Å². The number of nitrogens with one attached hydrogen (secondary N) is 1. The van der Waals surface area contributed by atoms with Crippen molar-refractivity contribution < 1.29 is 17.6 Å². The third-order valence-electron chi connectivity index (χ3n) is 3.27. The summed E-state index contributed by atoms with van der Waals surface area (Å²) >= 11 is 0. The molecular weight excluding hydrogens is 282 g/mol. The van der Waals surface area contributed by atoms with Crippen LogP contribution in [0.1, 0.15) is 29.7 Å². The van der Waals surface area contributed by atoms with Gasteiger partial charge >= 0.3 is 6.18 Å². The van der Waals surface area contributed by atoms with E-state index in [-0.39, 0.29) is 24.0 Å². The zero-order chi connectivity index (χ0) is 15.5. The minimum atomic E-state index is -4.37. The van der Waals surface area contributed by atoms with Crippen molar-refractivity contribution in [2.75, 3.05) is 0 Å². The number of halogens is 4. The first-order valence-electron chi connectivity index (χ1n) is 6.52. The van der Waals surface area contributed by atoms with E-state index < -0.39 is 11.7 Å². The molecule has 5 heteroatoms. The topological polar surface area (TPSA) is 12.0 Å². The molecule has 112 valence electrons. The molecule has 0 aliphatic heterocycles. The Morgan fingerprint density at radius 2 is 1.76 bits per heavy atom. The fourth-order valence-corrected chi connectivity index (χ4v) is 2.11. The predicted molar refractivity (Wildman–Crippen MR) is 73.1 cm³/mol. The molecular formula is C16H15F4N. The molecule has 0 aliphatic rings. The summed E-state index contributed by atoms with van der Waals surface area (Å²) in [5.74, 6) is -0.364. The first kappa shape index (κ1) is 15.5. The lowest BCUT2D eigenvalue weighted by molar-refractivity contribution is -0.138. The summed E-state index contributed by atoms with van der Waals surface area (Å²) in [4.78, 5) is 0. The molecule has 1 N–H and O–H groups in total. The van der Waals surface area contributed by atoms with Crippen molar-refractivity contribution >= 4 is 0 Å². The minimum absolute atomic E-state index is 0.0629. The lowest BCUT2D eigenvalue weighted by atomic mass is 10.1. The van der Waals surface area contributed by atoms with Crippen molar-refractivity contribution in [3.8, 4) is 0 Å². The molecule has 2 aromatic carbocycles. The fourth-order valence-electron chi connectivity index (χ4n) is 2.11. The molecule has 0 saturated heterocycles. The van der Waals surface area contributed by atoms with Gasteiger partial charge in [0.05, 0.1) is 5.56 Å². The normalized spacial score (nSPS) is 13.2. The van der Waals surface area contributed by atoms with Gasteiger partial charge in [0.15, 0.2) is 0 Å². The van der Waals surface area contributed by atoms with Crippen LogP contribution in [0.2, 0.25) is 0 Å². The van der Waals surface area contributed by atoms with Gasteiger partial charge in [-0.1, -0.05) is 30.3 Å². The summed E-state index contributed by atoms with van der Waals surface area (Å²) in [7, 11) is 0. The average molecular weight is 297 g/mol. The standard InChI is InChI=1S/C16H15F4N/c1-11(12-6-4-7-14(17)9-12)21-10-13-5-2-3-8-15(13)16(18,19)20/h2-9,11,21H,10H2,1H3/t11-/m0/s1. The second kappa shape index (κ2) is 6.26. The molecule has 0 aromatic heterocycles. The highest BCUT2D eigenvalue weighted by atomic mass is 19.4. The maximum Gasteiger partial charge on any atom is 0.416 e. The van der Waals surface area contributed by atoms with Crippen LogP contribution in [0.3, 0.4) is 0 Å². The van der Waals surface area contributed by atoms with E-state index >= 15 is 0 Å². The zero-order valence-electron chi connectivity index (χ0n) is 11.4. The van der Waals surface area contributed by atoms with E-state index in [4.69, 9.17) is 0 Å². The van der Waals surface area contributed by atoms with Gasteiger partial charge in [-0.25, -0.2) is 4.39 Å². The summed E-state index contributed by atoms with van der Waals surface area (Å²) in [6, 6.07) is 11.2. The highest BCUT2D eigenvalue weighted by molar-refractivity contribution is 5.30. The first-order valence-corrected chi connectivity index (χ1v) is 6.52. The zero-order valence-corrected chi connectivity index (χ0v) is 11.4. The Balaban J connectivity index is 2.10. The number of alkyl halides is 3. The summed E-state index contributed by atoms with van der Waals surface area (Å²) in [5, 5.41) is 2.99. The molecule has 21 heavy (non-hydrogen) atoms. The van der Waals surface area contributed by atoms with Crippen LogP contribution in [0.5, 0.6) is 0 Å². The second-order valence-electron chi connectivity index (χ2n) is 4.81. The van der Waals surface area contributed by atoms with Crippen molar-refractivity contribution in [1.29, 1.82) is 0 Å². The quantitative estimate of drug-likeness (QED) is 0.807. The SMILES string of the molecule is C[C@H](NCc1ccccc1C(F)(F)F)c1cccc(F)c1. The lowest BCUT2D eigenvalue weighted by Gasteiger charge is -2.17. The molecule has 2 aromatic rings. The molecule has 1 nitrogen and oxygen atoms in total. The molecule has 0 aliphatic carbocycles. The smallest absolute Gasteiger partial charge is 0.306 e. The minimum Gasteiger partial charge on any atom is -0.306 e. The molecule has 0 spiro atoms. The van der Waals surface area contributed by atoms with Gasteiger partial charge in [0.25, 0.3) is 0 Å². The number of hydrogen-bond donors (Lipinski definition) is 1. The van der Waals surface area contributed by atoms with E-state index in [1.807, 2.05) is 0 Å². The Labute approximate surface area is 120 Å². The molecule has 1 atom stereocenters. The Morgan fingerprint density at radius 1 is 1.05 bits per heavy atom. The van der Waals surface area contributed by atoms with Gasteiger partial charge in [0, 0.05) is 12.6 Å². The Hall–Kier alpha value is -1.88. The van der Waals surface area contributed by atoms with E-state index in [0.717, 1.165) is 6.07 Å². The average Bonchev–Trinajstić information content (AvgIpc) is 2.44. The van der Waals surface area contributed by atoms with Gasteiger partial charge < -0.3 is 5.32 Å². The van der Waals surface area contributed by atoms with Gasteiger partial charge in [-0.15, -0.1) is 0 Å². The van der Waals surface area contributed by atoms with Crippen LogP contribution in [0, 0.1) is 5.82 Å². The third-order valence-corrected chi connectivity index (χ3v) is 3.27. The van der Waals surface area contributed by atoms with E-state index in [2.05, 4.69) is 5.32 Å². The van der Waals surface area contributed by atoms with E-state index in [1.54, 1.807) is 25.1 Å². The molecule has 0 bridgehead atoms. The van der Waals surface area contributed by atoms with Crippen LogP contribution in [0.25, 0.3) is 0 Å². The van der Waals surface area contributed by atoms with Crippen molar-refractivity contribution in [3.05, 3.63) is 71.0 Å². The maximum absolute atomic E-state index is 13.1. The number of rotatable bonds is 4. The summed E-state index contributed by atoms with van der Waals surface area (Å²) in [6.07, 6.45) is -4.37. The molecule has 0 fully saturated rings. The van der Waals surface area contributed by atoms with E-state index in [1.165, 1.54) is 24.3 Å². The van der Waals surface area contributed by atoms with Crippen LogP contribution < -0.4 is 5.32 Å². The second-order valence-corrected chi connectivity index (χ2v) is 4.81. The van der Waals surface area contributed by atoms with E-state index in [9.17, 15) is 17.6 Å². The monoisotopic (exact) mass is 297 g/mol. The predicted octanol–water partition coefficient (Wildman–Crippen LogP) is 4.70. The van der Waals surface area contributed by atoms with E-state index in [0.29, 0.717) is 5.56 Å². The molecule has 0 amide bonds. The largest absolute Gasteiger partial charge is 0.416 e. The molecule has 2 rings (SSSR count). The Morgan fingerprint density at radius 3 is 2.43 bits per heavy atom. The Bertz CT molecular complexity index is 607. The molecule has 0 unspecified atom stereocenters. The van der Waals surface area contributed by atoms with Crippen LogP contribution >= 0.6 is 0 Å².